The van der Waals surface area contributed by atoms with Gasteiger partial charge in [-0.25, -0.2) is 0 Å². The van der Waals surface area contributed by atoms with Crippen LogP contribution in [0.4, 0.5) is 0 Å². The van der Waals surface area contributed by atoms with Gasteiger partial charge in [0.25, 0.3) is 0 Å². The van der Waals surface area contributed by atoms with Gasteiger partial charge in [0.1, 0.15) is 11.4 Å². The highest BCUT2D eigenvalue weighted by atomic mass is 16.5. The number of aryl methyl sites for hydroxylation is 1. The Morgan fingerprint density at radius 1 is 1.29 bits per heavy atom. The molecule has 3 heterocycles. The Labute approximate surface area is 165 Å². The van der Waals surface area contributed by atoms with E-state index < -0.39 is 0 Å². The van der Waals surface area contributed by atoms with Gasteiger partial charge in [0.2, 0.25) is 0 Å². The number of H-pyrrole nitrogens is 1. The molecule has 1 N–H and O–H groups in total. The highest BCUT2D eigenvalue weighted by Crippen LogP contribution is 2.36. The van der Waals surface area contributed by atoms with Crippen molar-refractivity contribution in [3.63, 3.8) is 0 Å². The molecule has 0 spiro atoms. The summed E-state index contributed by atoms with van der Waals surface area (Å²) in [6.07, 6.45) is 3.52. The van der Waals surface area contributed by atoms with Crippen LogP contribution in [0.15, 0.2) is 52.5 Å². The number of fused-ring (bicyclic) bond motifs is 2. The van der Waals surface area contributed by atoms with Gasteiger partial charge in [0, 0.05) is 22.7 Å². The van der Waals surface area contributed by atoms with Crippen molar-refractivity contribution in [2.24, 2.45) is 11.0 Å². The van der Waals surface area contributed by atoms with E-state index in [2.05, 4.69) is 16.2 Å². The Kier molecular flexibility index (Phi) is 5.87. The van der Waals surface area contributed by atoms with Gasteiger partial charge in [-0.1, -0.05) is 13.8 Å². The monoisotopic (exact) mass is 381 g/mol. The molecule has 2 aliphatic heterocycles. The normalized spacial score (nSPS) is 17.8. The average Bonchev–Trinajstić information content (AvgIpc) is 3.23. The molecular weight excluding hydrogens is 354 g/mol. The summed E-state index contributed by atoms with van der Waals surface area (Å²) in [4.78, 5) is 15.5. The second kappa shape index (κ2) is 8.33. The standard InChI is InChI=1S/C20H21N3O3.C2H6/c1-4-25-20(24)16-11-23-19(13(16)3)18(7-8-21-23)26-15-5-6-17-14(10-15)9-12(2)22-17;1-2/h5-10,16,22H,4,11H2,1-3H3;1-2H3. The minimum atomic E-state index is -0.318. The topological polar surface area (TPSA) is 66.9 Å². The van der Waals surface area contributed by atoms with Gasteiger partial charge >= 0.3 is 5.97 Å². The summed E-state index contributed by atoms with van der Waals surface area (Å²) in [5.74, 6) is 0.904. The molecule has 0 aliphatic carbocycles. The number of aromatic amines is 1. The third kappa shape index (κ3) is 3.67. The lowest BCUT2D eigenvalue weighted by Crippen LogP contribution is -2.25. The van der Waals surface area contributed by atoms with Crippen molar-refractivity contribution >= 4 is 23.1 Å². The molecule has 0 radical (unpaired) electrons. The maximum atomic E-state index is 12.2. The largest absolute Gasteiger partial charge is 0.465 e. The molecule has 6 heteroatoms. The number of hydrogen-bond donors (Lipinski definition) is 1. The lowest BCUT2D eigenvalue weighted by molar-refractivity contribution is -0.146. The molecule has 4 rings (SSSR count). The van der Waals surface area contributed by atoms with Crippen molar-refractivity contribution in [3.05, 3.63) is 53.1 Å². The van der Waals surface area contributed by atoms with Gasteiger partial charge in [-0.3, -0.25) is 9.80 Å². The van der Waals surface area contributed by atoms with E-state index in [0.717, 1.165) is 33.6 Å². The summed E-state index contributed by atoms with van der Waals surface area (Å²) in [5.41, 5.74) is 3.95. The van der Waals surface area contributed by atoms with Crippen LogP contribution in [0.5, 0.6) is 5.75 Å². The maximum Gasteiger partial charge on any atom is 0.315 e. The number of allylic oxidation sites excluding steroid dienone is 1. The minimum absolute atomic E-state index is 0.217. The van der Waals surface area contributed by atoms with Crippen LogP contribution in [0.25, 0.3) is 10.9 Å². The summed E-state index contributed by atoms with van der Waals surface area (Å²) >= 11 is 0. The fourth-order valence-corrected chi connectivity index (χ4v) is 3.48. The van der Waals surface area contributed by atoms with Crippen LogP contribution in [0.1, 0.15) is 33.4 Å². The van der Waals surface area contributed by atoms with Crippen molar-refractivity contribution in [1.29, 1.82) is 0 Å². The molecule has 1 atom stereocenters. The summed E-state index contributed by atoms with van der Waals surface area (Å²) in [5, 5.41) is 7.27. The van der Waals surface area contributed by atoms with Crippen molar-refractivity contribution in [1.82, 2.24) is 9.99 Å². The number of nitrogens with one attached hydrogen (secondary N) is 1. The quantitative estimate of drug-likeness (QED) is 0.790. The van der Waals surface area contributed by atoms with Gasteiger partial charge in [-0.2, -0.15) is 5.10 Å². The zero-order valence-electron chi connectivity index (χ0n) is 17.1. The Balaban J connectivity index is 0.00000109. The number of carbonyl (C=O) groups excluding carboxylic acids is 1. The fourth-order valence-electron chi connectivity index (χ4n) is 3.48. The lowest BCUT2D eigenvalue weighted by atomic mass is 10.0. The van der Waals surface area contributed by atoms with Crippen molar-refractivity contribution < 1.29 is 14.3 Å². The number of hydrazone groups is 1. The summed E-state index contributed by atoms with van der Waals surface area (Å²) in [6.45, 7) is 10.6. The molecule has 0 saturated heterocycles. The zero-order valence-corrected chi connectivity index (χ0v) is 17.1. The summed E-state index contributed by atoms with van der Waals surface area (Å²) in [6, 6.07) is 8.03. The maximum absolute atomic E-state index is 12.2. The van der Waals surface area contributed by atoms with E-state index in [0.29, 0.717) is 18.9 Å². The Bertz CT molecular complexity index is 969. The Morgan fingerprint density at radius 3 is 2.82 bits per heavy atom. The van der Waals surface area contributed by atoms with Crippen molar-refractivity contribution in [3.8, 4) is 5.75 Å². The SMILES string of the molecule is CC.CCOC(=O)C1CN2N=CC=C(Oc3ccc4[nH]c(C)cc4c3)C2=C1C. The molecule has 1 aromatic heterocycles. The highest BCUT2D eigenvalue weighted by molar-refractivity contribution is 5.82. The van der Waals surface area contributed by atoms with Crippen molar-refractivity contribution in [2.75, 3.05) is 13.2 Å². The van der Waals surface area contributed by atoms with Crippen LogP contribution in [-0.4, -0.2) is 35.3 Å². The molecule has 2 aromatic rings. The third-order valence-electron chi connectivity index (χ3n) is 4.70. The predicted molar refractivity (Wildman–Crippen MR) is 111 cm³/mol. The predicted octanol–water partition coefficient (Wildman–Crippen LogP) is 4.53. The van der Waals surface area contributed by atoms with Crippen LogP contribution in [0.2, 0.25) is 0 Å². The van der Waals surface area contributed by atoms with Gasteiger partial charge in [-0.05, 0) is 50.6 Å². The van der Waals surface area contributed by atoms with Crippen LogP contribution in [-0.2, 0) is 9.53 Å². The molecule has 0 saturated carbocycles. The van der Waals surface area contributed by atoms with Crippen molar-refractivity contribution in [2.45, 2.75) is 34.6 Å². The van der Waals surface area contributed by atoms with Crippen LogP contribution < -0.4 is 4.74 Å². The number of esters is 1. The number of benzene rings is 1. The van der Waals surface area contributed by atoms with E-state index in [9.17, 15) is 4.79 Å². The van der Waals surface area contributed by atoms with Gasteiger partial charge in [-0.15, -0.1) is 0 Å². The molecule has 1 unspecified atom stereocenters. The Hall–Kier alpha value is -3.02. The molecule has 0 amide bonds. The third-order valence-corrected chi connectivity index (χ3v) is 4.70. The first-order valence-electron chi connectivity index (χ1n) is 9.73. The number of carbonyl (C=O) groups is 1. The average molecular weight is 381 g/mol. The summed E-state index contributed by atoms with van der Waals surface area (Å²) < 4.78 is 11.3. The molecule has 6 nitrogen and oxygen atoms in total. The van der Waals surface area contributed by atoms with E-state index in [1.807, 2.05) is 63.9 Å². The first kappa shape index (κ1) is 19.7. The van der Waals surface area contributed by atoms with E-state index in [1.165, 1.54) is 0 Å². The molecule has 28 heavy (non-hydrogen) atoms. The number of rotatable bonds is 4. The van der Waals surface area contributed by atoms with E-state index >= 15 is 0 Å². The summed E-state index contributed by atoms with van der Waals surface area (Å²) in [7, 11) is 0. The molecule has 0 fully saturated rings. The van der Waals surface area contributed by atoms with Crippen LogP contribution >= 0.6 is 0 Å². The number of ether oxygens (including phenoxy) is 2. The van der Waals surface area contributed by atoms with Gasteiger partial charge < -0.3 is 14.5 Å². The molecule has 1 aromatic carbocycles. The van der Waals surface area contributed by atoms with E-state index in [1.54, 1.807) is 6.21 Å². The number of nitrogens with zero attached hydrogens (tertiary/aromatic N) is 2. The zero-order chi connectivity index (χ0) is 20.3. The van der Waals surface area contributed by atoms with Crippen LogP contribution in [0.3, 0.4) is 0 Å². The van der Waals surface area contributed by atoms with E-state index in [-0.39, 0.29) is 11.9 Å². The van der Waals surface area contributed by atoms with E-state index in [4.69, 9.17) is 9.47 Å². The van der Waals surface area contributed by atoms with Crippen LogP contribution in [0, 0.1) is 12.8 Å². The van der Waals surface area contributed by atoms with Gasteiger partial charge in [0.05, 0.1) is 25.3 Å². The smallest absolute Gasteiger partial charge is 0.315 e. The lowest BCUT2D eigenvalue weighted by Gasteiger charge is -2.22. The second-order valence-electron chi connectivity index (χ2n) is 6.52. The highest BCUT2D eigenvalue weighted by Gasteiger charge is 2.38. The minimum Gasteiger partial charge on any atom is -0.465 e. The molecular formula is C22H27N3O3. The molecule has 148 valence electrons. The van der Waals surface area contributed by atoms with Gasteiger partial charge in [0.15, 0.2) is 5.76 Å². The first-order chi connectivity index (χ1) is 13.6. The molecule has 0 bridgehead atoms. The second-order valence-corrected chi connectivity index (χ2v) is 6.52. The number of hydrogen-bond acceptors (Lipinski definition) is 5. The first-order valence-corrected chi connectivity index (χ1v) is 9.73. The Morgan fingerprint density at radius 2 is 2.07 bits per heavy atom. The fraction of sp³-hybridized carbons (Fsp3) is 0.364. The molecule has 2 aliphatic rings. The number of aromatic nitrogens is 1.